The lowest BCUT2D eigenvalue weighted by Crippen LogP contribution is -2.56. The summed E-state index contributed by atoms with van der Waals surface area (Å²) in [5.41, 5.74) is -5.68. The van der Waals surface area contributed by atoms with E-state index in [0.717, 1.165) is 12.1 Å². The van der Waals surface area contributed by atoms with Gasteiger partial charge in [-0.1, -0.05) is 0 Å². The van der Waals surface area contributed by atoms with Crippen LogP contribution in [0, 0.1) is 0 Å². The van der Waals surface area contributed by atoms with Crippen LogP contribution in [0.15, 0.2) is 29.4 Å². The molecule has 1 N–H and O–H groups in total. The molecule has 138 valence electrons. The van der Waals surface area contributed by atoms with Crippen LogP contribution in [0.4, 0.5) is 32.0 Å². The number of hydrogen-bond acceptors (Lipinski definition) is 4. The Balaban J connectivity index is 2.44. The quantitative estimate of drug-likeness (QED) is 0.816. The number of nitrogens with zero attached hydrogens (tertiary/aromatic N) is 3. The summed E-state index contributed by atoms with van der Waals surface area (Å²) in [7, 11) is 3.36. The van der Waals surface area contributed by atoms with Crippen molar-refractivity contribution in [2.45, 2.75) is 24.5 Å². The number of alkyl halides is 6. The molecule has 0 saturated carbocycles. The molecule has 1 heterocycles. The number of hydrogen-bond donors (Lipinski definition) is 1. The summed E-state index contributed by atoms with van der Waals surface area (Å²) in [6.45, 7) is 0. The Bertz CT molecular complexity index is 696. The second-order valence-electron chi connectivity index (χ2n) is 5.59. The maximum absolute atomic E-state index is 13.1. The van der Waals surface area contributed by atoms with E-state index in [-0.39, 0.29) is 5.56 Å². The van der Waals surface area contributed by atoms with Gasteiger partial charge in [-0.3, -0.25) is 4.79 Å². The van der Waals surface area contributed by atoms with Crippen molar-refractivity contribution >= 4 is 17.3 Å². The van der Waals surface area contributed by atoms with Crippen molar-refractivity contribution in [2.24, 2.45) is 5.10 Å². The Labute approximate surface area is 138 Å². The normalized spacial score (nSPS) is 21.3. The van der Waals surface area contributed by atoms with Gasteiger partial charge in [-0.25, -0.2) is 0 Å². The summed E-state index contributed by atoms with van der Waals surface area (Å²) < 4.78 is 77.5. The van der Waals surface area contributed by atoms with Gasteiger partial charge in [0.15, 0.2) is 0 Å². The summed E-state index contributed by atoms with van der Waals surface area (Å²) in [6.07, 6.45) is -12.6. The van der Waals surface area contributed by atoms with Gasteiger partial charge in [-0.2, -0.15) is 36.5 Å². The zero-order valence-electron chi connectivity index (χ0n) is 13.0. The monoisotopic (exact) mass is 369 g/mol. The maximum Gasteiger partial charge on any atom is 0.438 e. The molecule has 0 spiro atoms. The van der Waals surface area contributed by atoms with Gasteiger partial charge in [0.25, 0.3) is 11.6 Å². The highest BCUT2D eigenvalue weighted by atomic mass is 19.4. The summed E-state index contributed by atoms with van der Waals surface area (Å²) in [4.78, 5) is 13.9. The average Bonchev–Trinajstić information content (AvgIpc) is 2.85. The van der Waals surface area contributed by atoms with Crippen molar-refractivity contribution in [3.05, 3.63) is 29.8 Å². The molecule has 1 aliphatic heterocycles. The molecule has 2 rings (SSSR count). The third-order valence-corrected chi connectivity index (χ3v) is 3.59. The molecule has 0 bridgehead atoms. The van der Waals surface area contributed by atoms with Crippen molar-refractivity contribution in [1.82, 2.24) is 5.01 Å². The maximum atomic E-state index is 13.1. The molecule has 0 unspecified atom stereocenters. The highest BCUT2D eigenvalue weighted by Gasteiger charge is 2.66. The first kappa shape index (κ1) is 19.0. The largest absolute Gasteiger partial charge is 0.438 e. The Hall–Kier alpha value is -2.30. The number of carbonyl (C=O) groups is 1. The van der Waals surface area contributed by atoms with Gasteiger partial charge in [0.1, 0.15) is 5.71 Å². The number of rotatable bonds is 2. The molecule has 1 amide bonds. The Morgan fingerprint density at radius 3 is 2.08 bits per heavy atom. The van der Waals surface area contributed by atoms with Crippen LogP contribution in [-0.2, 0) is 0 Å². The van der Waals surface area contributed by atoms with E-state index in [1.165, 1.54) is 12.1 Å². The van der Waals surface area contributed by atoms with Crippen molar-refractivity contribution < 1.29 is 36.2 Å². The van der Waals surface area contributed by atoms with E-state index in [4.69, 9.17) is 0 Å². The fourth-order valence-corrected chi connectivity index (χ4v) is 2.16. The standard InChI is InChI=1S/C14H13F6N3O2/c1-22(2)9-5-3-8(4-6-9)11(24)23-12(25,14(18,19)20)7-10(21-23)13(15,16)17/h3-6,25H,7H2,1-2H3/t12-/m0/s1. The first-order chi connectivity index (χ1) is 11.3. The molecule has 1 aliphatic rings. The van der Waals surface area contributed by atoms with E-state index in [9.17, 15) is 36.2 Å². The molecule has 0 fully saturated rings. The van der Waals surface area contributed by atoms with Crippen molar-refractivity contribution in [3.8, 4) is 0 Å². The van der Waals surface area contributed by atoms with Gasteiger partial charge >= 0.3 is 12.4 Å². The van der Waals surface area contributed by atoms with Crippen LogP contribution in [0.3, 0.4) is 0 Å². The van der Waals surface area contributed by atoms with Crippen molar-refractivity contribution in [3.63, 3.8) is 0 Å². The van der Waals surface area contributed by atoms with Crippen LogP contribution in [0.25, 0.3) is 0 Å². The summed E-state index contributed by atoms with van der Waals surface area (Å²) >= 11 is 0. The number of benzene rings is 1. The van der Waals surface area contributed by atoms with Gasteiger partial charge < -0.3 is 10.0 Å². The first-order valence-electron chi connectivity index (χ1n) is 6.83. The molecule has 0 radical (unpaired) electrons. The van der Waals surface area contributed by atoms with Crippen LogP contribution < -0.4 is 4.90 Å². The summed E-state index contributed by atoms with van der Waals surface area (Å²) in [6, 6.07) is 5.06. The molecule has 0 aromatic heterocycles. The third kappa shape index (κ3) is 3.41. The zero-order valence-corrected chi connectivity index (χ0v) is 13.0. The highest BCUT2D eigenvalue weighted by molar-refractivity contribution is 6.00. The predicted molar refractivity (Wildman–Crippen MR) is 76.1 cm³/mol. The fraction of sp³-hybridized carbons (Fsp3) is 0.429. The Kier molecular flexibility index (Phi) is 4.49. The molecule has 25 heavy (non-hydrogen) atoms. The minimum Gasteiger partial charge on any atom is -0.378 e. The third-order valence-electron chi connectivity index (χ3n) is 3.59. The summed E-state index contributed by atoms with van der Waals surface area (Å²) in [5, 5.41) is 11.9. The van der Waals surface area contributed by atoms with E-state index < -0.39 is 41.1 Å². The summed E-state index contributed by atoms with van der Waals surface area (Å²) in [5.74, 6) is -1.50. The first-order valence-corrected chi connectivity index (χ1v) is 6.83. The minimum absolute atomic E-state index is 0.347. The Morgan fingerprint density at radius 1 is 1.16 bits per heavy atom. The molecule has 1 aromatic rings. The van der Waals surface area contributed by atoms with Gasteiger partial charge in [-0.05, 0) is 24.3 Å². The topological polar surface area (TPSA) is 56.1 Å². The van der Waals surface area contributed by atoms with Crippen LogP contribution in [0.2, 0.25) is 0 Å². The Morgan fingerprint density at radius 2 is 1.68 bits per heavy atom. The molecule has 5 nitrogen and oxygen atoms in total. The lowest BCUT2D eigenvalue weighted by molar-refractivity contribution is -0.297. The smallest absolute Gasteiger partial charge is 0.378 e. The van der Waals surface area contributed by atoms with E-state index in [1.807, 2.05) is 0 Å². The van der Waals surface area contributed by atoms with Crippen LogP contribution >= 0.6 is 0 Å². The molecular weight excluding hydrogens is 356 g/mol. The lowest BCUT2D eigenvalue weighted by Gasteiger charge is -2.32. The minimum atomic E-state index is -5.53. The zero-order chi connectivity index (χ0) is 19.2. The van der Waals surface area contributed by atoms with E-state index >= 15 is 0 Å². The predicted octanol–water partition coefficient (Wildman–Crippen LogP) is 2.77. The van der Waals surface area contributed by atoms with E-state index in [2.05, 4.69) is 5.10 Å². The fourth-order valence-electron chi connectivity index (χ4n) is 2.16. The number of amides is 1. The molecule has 1 atom stereocenters. The van der Waals surface area contributed by atoms with E-state index in [0.29, 0.717) is 5.69 Å². The van der Waals surface area contributed by atoms with Crippen molar-refractivity contribution in [1.29, 1.82) is 0 Å². The second kappa shape index (κ2) is 5.90. The van der Waals surface area contributed by atoms with Crippen LogP contribution in [0.1, 0.15) is 16.8 Å². The van der Waals surface area contributed by atoms with Crippen molar-refractivity contribution in [2.75, 3.05) is 19.0 Å². The van der Waals surface area contributed by atoms with Gasteiger partial charge in [0.05, 0.1) is 6.42 Å². The number of halogens is 6. The number of aliphatic hydroxyl groups is 1. The van der Waals surface area contributed by atoms with Crippen LogP contribution in [-0.4, -0.2) is 53.9 Å². The van der Waals surface area contributed by atoms with Gasteiger partial charge in [0.2, 0.25) is 0 Å². The van der Waals surface area contributed by atoms with Crippen LogP contribution in [0.5, 0.6) is 0 Å². The molecule has 1 aromatic carbocycles. The second-order valence-corrected chi connectivity index (χ2v) is 5.59. The number of carbonyl (C=O) groups excluding carboxylic acids is 1. The van der Waals surface area contributed by atoms with E-state index in [1.54, 1.807) is 19.0 Å². The number of anilines is 1. The van der Waals surface area contributed by atoms with Gasteiger partial charge in [0, 0.05) is 25.3 Å². The molecule has 0 saturated heterocycles. The number of hydrazone groups is 1. The average molecular weight is 369 g/mol. The lowest BCUT2D eigenvalue weighted by atomic mass is 10.1. The highest BCUT2D eigenvalue weighted by Crippen LogP contribution is 2.43. The van der Waals surface area contributed by atoms with Gasteiger partial charge in [-0.15, -0.1) is 0 Å². The SMILES string of the molecule is CN(C)c1ccc(C(=O)N2N=C(C(F)(F)F)C[C@]2(O)C(F)(F)F)cc1. The molecule has 11 heteroatoms. The molecule has 0 aliphatic carbocycles. The molecular formula is C14H13F6N3O2.